The Morgan fingerprint density at radius 1 is 1.31 bits per heavy atom. The number of benzene rings is 1. The van der Waals surface area contributed by atoms with E-state index in [0.717, 1.165) is 11.3 Å². The zero-order chi connectivity index (χ0) is 12.3. The van der Waals surface area contributed by atoms with Gasteiger partial charge in [0.25, 0.3) is 5.91 Å². The van der Waals surface area contributed by atoms with E-state index in [1.165, 1.54) is 13.8 Å². The van der Waals surface area contributed by atoms with Crippen LogP contribution in [0.2, 0.25) is 0 Å². The van der Waals surface area contributed by atoms with E-state index in [4.69, 9.17) is 0 Å². The summed E-state index contributed by atoms with van der Waals surface area (Å²) < 4.78 is 0. The molecule has 0 radical (unpaired) electrons. The van der Waals surface area contributed by atoms with Gasteiger partial charge < -0.3 is 10.0 Å². The van der Waals surface area contributed by atoms with Gasteiger partial charge in [-0.25, -0.2) is 0 Å². The van der Waals surface area contributed by atoms with Crippen LogP contribution in [0.25, 0.3) is 0 Å². The average Bonchev–Trinajstić information content (AvgIpc) is 2.20. The van der Waals surface area contributed by atoms with Gasteiger partial charge in [0.1, 0.15) is 5.60 Å². The largest absolute Gasteiger partial charge is 0.381 e. The smallest absolute Gasteiger partial charge is 0.258 e. The number of likely N-dealkylation sites (N-methyl/N-ethyl adjacent to an activating group) is 1. The van der Waals surface area contributed by atoms with Crippen molar-refractivity contribution >= 4 is 11.6 Å². The van der Waals surface area contributed by atoms with Crippen molar-refractivity contribution in [3.63, 3.8) is 0 Å². The predicted molar refractivity (Wildman–Crippen MR) is 65.5 cm³/mol. The second-order valence-electron chi connectivity index (χ2n) is 4.44. The molecule has 1 aromatic rings. The molecule has 0 aliphatic carbocycles. The molecule has 0 saturated carbocycles. The fraction of sp³-hybridized carbons (Fsp3) is 0.462. The molecule has 0 aliphatic heterocycles. The van der Waals surface area contributed by atoms with Crippen LogP contribution in [0.5, 0.6) is 0 Å². The lowest BCUT2D eigenvalue weighted by atomic mass is 10.1. The average molecular weight is 221 g/mol. The number of nitrogens with zero attached hydrogens (tertiary/aromatic N) is 1. The number of carbonyl (C=O) groups is 1. The Morgan fingerprint density at radius 2 is 1.81 bits per heavy atom. The Morgan fingerprint density at radius 3 is 2.19 bits per heavy atom. The summed E-state index contributed by atoms with van der Waals surface area (Å²) >= 11 is 0. The summed E-state index contributed by atoms with van der Waals surface area (Å²) in [7, 11) is 0. The lowest BCUT2D eigenvalue weighted by Gasteiger charge is -2.27. The summed E-state index contributed by atoms with van der Waals surface area (Å²) in [6.07, 6.45) is 0. The van der Waals surface area contributed by atoms with E-state index in [-0.39, 0.29) is 5.91 Å². The molecule has 0 unspecified atom stereocenters. The van der Waals surface area contributed by atoms with Crippen molar-refractivity contribution in [2.75, 3.05) is 11.4 Å². The van der Waals surface area contributed by atoms with Gasteiger partial charge in [0.2, 0.25) is 0 Å². The summed E-state index contributed by atoms with van der Waals surface area (Å²) in [5, 5.41) is 9.71. The molecule has 3 nitrogen and oxygen atoms in total. The topological polar surface area (TPSA) is 40.5 Å². The van der Waals surface area contributed by atoms with E-state index in [9.17, 15) is 9.90 Å². The van der Waals surface area contributed by atoms with Gasteiger partial charge in [0, 0.05) is 12.2 Å². The highest BCUT2D eigenvalue weighted by Crippen LogP contribution is 2.18. The van der Waals surface area contributed by atoms with Crippen LogP contribution in [0.4, 0.5) is 5.69 Å². The van der Waals surface area contributed by atoms with E-state index >= 15 is 0 Å². The molecule has 1 N–H and O–H groups in total. The molecule has 3 heteroatoms. The van der Waals surface area contributed by atoms with Crippen LogP contribution >= 0.6 is 0 Å². The molecule has 1 aromatic carbocycles. The van der Waals surface area contributed by atoms with E-state index in [1.807, 2.05) is 38.1 Å². The first-order chi connectivity index (χ1) is 7.36. The summed E-state index contributed by atoms with van der Waals surface area (Å²) in [5.41, 5.74) is 0.636. The number of aliphatic hydroxyl groups is 1. The number of amides is 1. The predicted octanol–water partition coefficient (Wildman–Crippen LogP) is 2.12. The lowest BCUT2D eigenvalue weighted by molar-refractivity contribution is -0.133. The van der Waals surface area contributed by atoms with E-state index in [0.29, 0.717) is 6.54 Å². The Balaban J connectivity index is 2.99. The fourth-order valence-corrected chi connectivity index (χ4v) is 1.50. The number of carbonyl (C=O) groups excluding carboxylic acids is 1. The third-order valence-corrected chi connectivity index (χ3v) is 2.43. The third kappa shape index (κ3) is 2.83. The maximum Gasteiger partial charge on any atom is 0.258 e. The van der Waals surface area contributed by atoms with Crippen molar-refractivity contribution in [2.45, 2.75) is 33.3 Å². The zero-order valence-electron chi connectivity index (χ0n) is 10.3. The highest BCUT2D eigenvalue weighted by atomic mass is 16.3. The van der Waals surface area contributed by atoms with Gasteiger partial charge in [0.05, 0.1) is 0 Å². The number of rotatable bonds is 3. The van der Waals surface area contributed by atoms with Gasteiger partial charge in [-0.05, 0) is 39.8 Å². The van der Waals surface area contributed by atoms with Crippen molar-refractivity contribution < 1.29 is 9.90 Å². The van der Waals surface area contributed by atoms with Gasteiger partial charge >= 0.3 is 0 Å². The number of aryl methyl sites for hydroxylation is 1. The van der Waals surface area contributed by atoms with Crippen LogP contribution in [0.15, 0.2) is 24.3 Å². The SMILES string of the molecule is CCN(C(=O)C(C)(C)O)c1ccc(C)cc1. The van der Waals surface area contributed by atoms with Gasteiger partial charge in [-0.1, -0.05) is 17.7 Å². The molecular formula is C13H19NO2. The minimum absolute atomic E-state index is 0.279. The quantitative estimate of drug-likeness (QED) is 0.849. The zero-order valence-corrected chi connectivity index (χ0v) is 10.3. The van der Waals surface area contributed by atoms with Crippen molar-refractivity contribution in [1.29, 1.82) is 0 Å². The molecule has 88 valence electrons. The molecule has 0 aliphatic rings. The molecule has 1 amide bonds. The summed E-state index contributed by atoms with van der Waals surface area (Å²) in [5.74, 6) is -0.279. The first-order valence-corrected chi connectivity index (χ1v) is 5.47. The second-order valence-corrected chi connectivity index (χ2v) is 4.44. The fourth-order valence-electron chi connectivity index (χ4n) is 1.50. The Labute approximate surface area is 96.7 Å². The van der Waals surface area contributed by atoms with Crippen molar-refractivity contribution in [1.82, 2.24) is 0 Å². The first kappa shape index (κ1) is 12.7. The molecule has 0 saturated heterocycles. The van der Waals surface area contributed by atoms with Crippen LogP contribution in [0.3, 0.4) is 0 Å². The van der Waals surface area contributed by atoms with Crippen LogP contribution in [-0.4, -0.2) is 23.2 Å². The first-order valence-electron chi connectivity index (χ1n) is 5.47. The van der Waals surface area contributed by atoms with E-state index in [1.54, 1.807) is 4.90 Å². The Bertz CT molecular complexity index is 363. The monoisotopic (exact) mass is 221 g/mol. The van der Waals surface area contributed by atoms with E-state index in [2.05, 4.69) is 0 Å². The molecule has 0 fully saturated rings. The van der Waals surface area contributed by atoms with Gasteiger partial charge in [0.15, 0.2) is 0 Å². The Kier molecular flexibility index (Phi) is 3.70. The number of anilines is 1. The summed E-state index contributed by atoms with van der Waals surface area (Å²) in [4.78, 5) is 13.5. The van der Waals surface area contributed by atoms with Gasteiger partial charge in [-0.2, -0.15) is 0 Å². The highest BCUT2D eigenvalue weighted by molar-refractivity contribution is 5.98. The van der Waals surface area contributed by atoms with Gasteiger partial charge in [-0.15, -0.1) is 0 Å². The molecule has 1 rings (SSSR count). The minimum atomic E-state index is -1.33. The molecular weight excluding hydrogens is 202 g/mol. The lowest BCUT2D eigenvalue weighted by Crippen LogP contribution is -2.45. The van der Waals surface area contributed by atoms with Crippen LogP contribution in [0.1, 0.15) is 26.3 Å². The Hall–Kier alpha value is -1.35. The normalized spacial score (nSPS) is 11.3. The second kappa shape index (κ2) is 4.66. The molecule has 0 bridgehead atoms. The minimum Gasteiger partial charge on any atom is -0.381 e. The number of hydrogen-bond donors (Lipinski definition) is 1. The third-order valence-electron chi connectivity index (χ3n) is 2.43. The molecule has 0 spiro atoms. The molecule has 16 heavy (non-hydrogen) atoms. The molecule has 0 heterocycles. The maximum atomic E-state index is 12.0. The van der Waals surface area contributed by atoms with Crippen molar-refractivity contribution in [2.24, 2.45) is 0 Å². The standard InChI is InChI=1S/C13H19NO2/c1-5-14(12(15)13(3,4)16)11-8-6-10(2)7-9-11/h6-9,16H,5H2,1-4H3. The van der Waals surface area contributed by atoms with Crippen molar-refractivity contribution in [3.05, 3.63) is 29.8 Å². The van der Waals surface area contributed by atoms with E-state index < -0.39 is 5.60 Å². The number of hydrogen-bond acceptors (Lipinski definition) is 2. The molecule has 0 atom stereocenters. The van der Waals surface area contributed by atoms with Crippen molar-refractivity contribution in [3.8, 4) is 0 Å². The van der Waals surface area contributed by atoms with Crippen LogP contribution in [-0.2, 0) is 4.79 Å². The highest BCUT2D eigenvalue weighted by Gasteiger charge is 2.29. The van der Waals surface area contributed by atoms with Crippen LogP contribution in [0, 0.1) is 6.92 Å². The summed E-state index contributed by atoms with van der Waals surface area (Å²) in [6, 6.07) is 7.69. The maximum absolute atomic E-state index is 12.0. The summed E-state index contributed by atoms with van der Waals surface area (Å²) in [6.45, 7) is 7.45. The van der Waals surface area contributed by atoms with Gasteiger partial charge in [-0.3, -0.25) is 4.79 Å². The molecule has 0 aromatic heterocycles. The van der Waals surface area contributed by atoms with Crippen LogP contribution < -0.4 is 4.90 Å².